The quantitative estimate of drug-likeness (QED) is 0.554. The van der Waals surface area contributed by atoms with E-state index >= 15 is 0 Å². The minimum Gasteiger partial charge on any atom is -0.387 e. The Labute approximate surface area is 186 Å². The first-order valence-electron chi connectivity index (χ1n) is 10.7. The van der Waals surface area contributed by atoms with Gasteiger partial charge in [-0.25, -0.2) is 9.37 Å². The molecule has 0 spiro atoms. The summed E-state index contributed by atoms with van der Waals surface area (Å²) in [5.74, 6) is 0.401. The zero-order valence-electron chi connectivity index (χ0n) is 18.2. The first-order valence-corrected chi connectivity index (χ1v) is 10.7. The Hall–Kier alpha value is -3.33. The molecule has 3 heterocycles. The Morgan fingerprint density at radius 2 is 1.94 bits per heavy atom. The number of carbonyl (C=O) groups excluding carboxylic acids is 1. The number of likely N-dealkylation sites (tertiary alicyclic amines) is 1. The normalized spacial score (nSPS) is 21.1. The van der Waals surface area contributed by atoms with E-state index < -0.39 is 11.9 Å². The molecule has 4 rings (SSSR count). The van der Waals surface area contributed by atoms with E-state index in [1.165, 1.54) is 18.3 Å². The molecule has 8 nitrogen and oxygen atoms in total. The van der Waals surface area contributed by atoms with Crippen molar-refractivity contribution in [3.8, 4) is 0 Å². The average molecular weight is 439 g/mol. The Bertz CT molecular complexity index is 1030. The summed E-state index contributed by atoms with van der Waals surface area (Å²) in [6, 6.07) is 10.0. The van der Waals surface area contributed by atoms with Crippen molar-refractivity contribution >= 4 is 30.3 Å². The third-order valence-corrected chi connectivity index (χ3v) is 6.06. The fraction of sp³-hybridized carbons (Fsp3) is 0.391. The lowest BCUT2D eigenvalue weighted by Crippen LogP contribution is -2.34. The van der Waals surface area contributed by atoms with E-state index in [1.54, 1.807) is 30.9 Å². The lowest BCUT2D eigenvalue weighted by atomic mass is 10.0. The molecular formula is C23H27FN6O2. The van der Waals surface area contributed by atoms with Crippen LogP contribution in [0.25, 0.3) is 0 Å². The van der Waals surface area contributed by atoms with E-state index in [2.05, 4.69) is 26.8 Å². The van der Waals surface area contributed by atoms with Crippen LogP contribution in [0.15, 0.2) is 46.6 Å². The molecule has 2 saturated heterocycles. The fourth-order valence-electron chi connectivity index (χ4n) is 4.53. The largest absolute Gasteiger partial charge is 0.387 e. The highest BCUT2D eigenvalue weighted by molar-refractivity contribution is 6.00. The molecule has 0 bridgehead atoms. The van der Waals surface area contributed by atoms with Gasteiger partial charge in [0.25, 0.3) is 5.91 Å². The molecule has 32 heavy (non-hydrogen) atoms. The van der Waals surface area contributed by atoms with Crippen molar-refractivity contribution in [3.63, 3.8) is 0 Å². The van der Waals surface area contributed by atoms with Gasteiger partial charge >= 0.3 is 0 Å². The van der Waals surface area contributed by atoms with Gasteiger partial charge in [-0.1, -0.05) is 12.1 Å². The number of fused-ring (bicyclic) bond motifs is 1. The number of hydrazone groups is 2. The molecule has 0 radical (unpaired) electrons. The molecule has 2 aliphatic rings. The monoisotopic (exact) mass is 438 g/mol. The van der Waals surface area contributed by atoms with E-state index in [0.29, 0.717) is 18.8 Å². The summed E-state index contributed by atoms with van der Waals surface area (Å²) in [5, 5.41) is 18.8. The number of aliphatic hydroxyl groups is 1. The SMILES string of the molecule is C=NN(/N=C\C)c1cccc(F)c1C(=O)N1C[C@@H]2CN(c3cccc(C(C)O)n3)C[C@@H]2C1. The minimum absolute atomic E-state index is 0.0476. The maximum absolute atomic E-state index is 14.7. The van der Waals surface area contributed by atoms with E-state index in [1.807, 2.05) is 12.1 Å². The summed E-state index contributed by atoms with van der Waals surface area (Å²) in [4.78, 5) is 21.8. The third kappa shape index (κ3) is 4.08. The topological polar surface area (TPSA) is 84.6 Å². The van der Waals surface area contributed by atoms with Crippen LogP contribution in [0.3, 0.4) is 0 Å². The summed E-state index contributed by atoms with van der Waals surface area (Å²) in [7, 11) is 0. The second kappa shape index (κ2) is 9.04. The first kappa shape index (κ1) is 21.9. The molecular weight excluding hydrogens is 411 g/mol. The van der Waals surface area contributed by atoms with Crippen molar-refractivity contribution in [2.24, 2.45) is 22.0 Å². The van der Waals surface area contributed by atoms with Gasteiger partial charge in [-0.15, -0.1) is 0 Å². The van der Waals surface area contributed by atoms with Gasteiger partial charge in [-0.3, -0.25) is 4.79 Å². The van der Waals surface area contributed by atoms with E-state index in [9.17, 15) is 14.3 Å². The number of rotatable bonds is 6. The first-order chi connectivity index (χ1) is 15.4. The van der Waals surface area contributed by atoms with Crippen LogP contribution in [0, 0.1) is 17.7 Å². The molecule has 1 amide bonds. The number of halogens is 1. The summed E-state index contributed by atoms with van der Waals surface area (Å²) in [6.45, 7) is 9.48. The second-order valence-corrected chi connectivity index (χ2v) is 8.17. The lowest BCUT2D eigenvalue weighted by Gasteiger charge is -2.24. The van der Waals surface area contributed by atoms with E-state index in [4.69, 9.17) is 0 Å². The highest BCUT2D eigenvalue weighted by Gasteiger charge is 2.43. The van der Waals surface area contributed by atoms with Crippen LogP contribution >= 0.6 is 0 Å². The van der Waals surface area contributed by atoms with Crippen LogP contribution in [0.5, 0.6) is 0 Å². The Morgan fingerprint density at radius 1 is 1.25 bits per heavy atom. The van der Waals surface area contributed by atoms with Gasteiger partial charge in [0.05, 0.1) is 11.8 Å². The Balaban J connectivity index is 1.50. The van der Waals surface area contributed by atoms with Crippen molar-refractivity contribution in [3.05, 3.63) is 53.5 Å². The number of aromatic nitrogens is 1. The zero-order valence-corrected chi connectivity index (χ0v) is 18.2. The number of hydrogen-bond donors (Lipinski definition) is 1. The molecule has 0 aliphatic carbocycles. The van der Waals surface area contributed by atoms with Crippen LogP contribution in [-0.2, 0) is 0 Å². The maximum Gasteiger partial charge on any atom is 0.259 e. The molecule has 1 aromatic carbocycles. The predicted octanol–water partition coefficient (Wildman–Crippen LogP) is 2.91. The predicted molar refractivity (Wildman–Crippen MR) is 123 cm³/mol. The summed E-state index contributed by atoms with van der Waals surface area (Å²) in [5.41, 5.74) is 0.855. The molecule has 1 aromatic heterocycles. The smallest absolute Gasteiger partial charge is 0.259 e. The molecule has 1 unspecified atom stereocenters. The summed E-state index contributed by atoms with van der Waals surface area (Å²) < 4.78 is 14.7. The second-order valence-electron chi connectivity index (χ2n) is 8.17. The third-order valence-electron chi connectivity index (χ3n) is 6.06. The van der Waals surface area contributed by atoms with Gasteiger partial charge < -0.3 is 14.9 Å². The van der Waals surface area contributed by atoms with Gasteiger partial charge in [0.15, 0.2) is 0 Å². The van der Waals surface area contributed by atoms with Crippen LogP contribution in [0.4, 0.5) is 15.9 Å². The van der Waals surface area contributed by atoms with Gasteiger partial charge in [0.2, 0.25) is 0 Å². The summed E-state index contributed by atoms with van der Waals surface area (Å²) in [6.07, 6.45) is 0.880. The van der Waals surface area contributed by atoms with Crippen molar-refractivity contribution in [1.29, 1.82) is 0 Å². The number of benzene rings is 1. The van der Waals surface area contributed by atoms with Gasteiger partial charge in [-0.05, 0) is 38.1 Å². The Kier molecular flexibility index (Phi) is 6.18. The number of hydrogen-bond acceptors (Lipinski definition) is 7. The molecule has 1 N–H and O–H groups in total. The van der Waals surface area contributed by atoms with Gasteiger partial charge in [-0.2, -0.15) is 15.3 Å². The lowest BCUT2D eigenvalue weighted by molar-refractivity contribution is 0.0778. The van der Waals surface area contributed by atoms with Crippen molar-refractivity contribution in [2.75, 3.05) is 36.2 Å². The number of nitrogens with zero attached hydrogens (tertiary/aromatic N) is 6. The van der Waals surface area contributed by atoms with Gasteiger partial charge in [0.1, 0.15) is 22.9 Å². The van der Waals surface area contributed by atoms with Crippen molar-refractivity contribution in [2.45, 2.75) is 20.0 Å². The van der Waals surface area contributed by atoms with Crippen molar-refractivity contribution in [1.82, 2.24) is 9.88 Å². The molecule has 9 heteroatoms. The zero-order chi connectivity index (χ0) is 22.8. The fourth-order valence-corrected chi connectivity index (χ4v) is 4.53. The number of amides is 1. The van der Waals surface area contributed by atoms with E-state index in [-0.39, 0.29) is 29.0 Å². The van der Waals surface area contributed by atoms with Crippen LogP contribution in [0.2, 0.25) is 0 Å². The molecule has 2 aromatic rings. The summed E-state index contributed by atoms with van der Waals surface area (Å²) >= 11 is 0. The van der Waals surface area contributed by atoms with E-state index in [0.717, 1.165) is 24.0 Å². The van der Waals surface area contributed by atoms with Crippen LogP contribution in [-0.4, -0.2) is 60.0 Å². The maximum atomic E-state index is 14.7. The average Bonchev–Trinajstić information content (AvgIpc) is 3.36. The number of pyridine rings is 1. The highest BCUT2D eigenvalue weighted by atomic mass is 19.1. The molecule has 2 aliphatic heterocycles. The number of aliphatic hydroxyl groups excluding tert-OH is 1. The Morgan fingerprint density at radius 3 is 2.56 bits per heavy atom. The van der Waals surface area contributed by atoms with Crippen LogP contribution < -0.4 is 10.0 Å². The highest BCUT2D eigenvalue weighted by Crippen LogP contribution is 2.35. The van der Waals surface area contributed by atoms with Gasteiger partial charge in [0, 0.05) is 50.9 Å². The molecule has 3 atom stereocenters. The van der Waals surface area contributed by atoms with Crippen LogP contribution in [0.1, 0.15) is 36.0 Å². The standard InChI is InChI=1S/C23H27FN6O2/c1-4-26-30(25-3)20-9-5-7-18(24)22(20)23(32)29-13-16-11-28(12-17(16)14-29)21-10-6-8-19(27-21)15(2)31/h4-10,15-17,31H,3,11-14H2,1-2H3/b26-4-/t15?,16-,17+. The molecule has 2 fully saturated rings. The minimum atomic E-state index is -0.623. The number of carbonyl (C=O) groups is 1. The molecule has 0 saturated carbocycles. The van der Waals surface area contributed by atoms with Crippen molar-refractivity contribution < 1.29 is 14.3 Å². The number of anilines is 2. The molecule has 168 valence electrons.